The van der Waals surface area contributed by atoms with E-state index >= 15 is 0 Å². The molecule has 1 heterocycles. The number of ether oxygens (including phenoxy) is 1. The highest BCUT2D eigenvalue weighted by Gasteiger charge is 2.09. The topological polar surface area (TPSA) is 42.4 Å². The van der Waals surface area contributed by atoms with E-state index in [4.69, 9.17) is 4.74 Å². The Morgan fingerprint density at radius 3 is 2.94 bits per heavy atom. The molecule has 1 aromatic carbocycles. The smallest absolute Gasteiger partial charge is 0.132 e. The lowest BCUT2D eigenvalue weighted by Crippen LogP contribution is -1.99. The van der Waals surface area contributed by atoms with Crippen molar-refractivity contribution < 1.29 is 14.2 Å². The molecule has 0 radical (unpaired) electrons. The lowest BCUT2D eigenvalue weighted by Gasteiger charge is -2.09. The molecule has 0 fully saturated rings. The van der Waals surface area contributed by atoms with Gasteiger partial charge in [-0.15, -0.1) is 11.3 Å². The Balaban J connectivity index is 2.05. The summed E-state index contributed by atoms with van der Waals surface area (Å²) in [6, 6.07) is 4.43. The second-order valence-electron chi connectivity index (χ2n) is 3.63. The van der Waals surface area contributed by atoms with E-state index in [0.29, 0.717) is 12.4 Å². The average molecular weight is 253 g/mol. The maximum atomic E-state index is 13.5. The van der Waals surface area contributed by atoms with E-state index in [1.54, 1.807) is 11.6 Å². The number of rotatable bonds is 4. The van der Waals surface area contributed by atoms with E-state index in [-0.39, 0.29) is 5.56 Å². The number of aliphatic hydroxyl groups is 1. The minimum absolute atomic E-state index is 0.269. The molecule has 0 aliphatic rings. The third-order valence-electron chi connectivity index (χ3n) is 2.29. The van der Waals surface area contributed by atoms with E-state index < -0.39 is 11.9 Å². The van der Waals surface area contributed by atoms with Crippen molar-refractivity contribution in [1.29, 1.82) is 0 Å². The van der Waals surface area contributed by atoms with E-state index in [1.165, 1.54) is 30.4 Å². The molecule has 0 unspecified atom stereocenters. The molecule has 2 rings (SSSR count). The monoisotopic (exact) mass is 253 g/mol. The third kappa shape index (κ3) is 3.01. The van der Waals surface area contributed by atoms with Crippen molar-refractivity contribution in [1.82, 2.24) is 4.98 Å². The molecule has 0 saturated carbocycles. The van der Waals surface area contributed by atoms with Gasteiger partial charge in [0.15, 0.2) is 0 Å². The van der Waals surface area contributed by atoms with E-state index in [9.17, 15) is 9.50 Å². The van der Waals surface area contributed by atoms with Crippen LogP contribution in [0.2, 0.25) is 0 Å². The number of halogens is 1. The summed E-state index contributed by atoms with van der Waals surface area (Å²) in [7, 11) is 0. The maximum absolute atomic E-state index is 13.5. The highest BCUT2D eigenvalue weighted by molar-refractivity contribution is 7.07. The van der Waals surface area contributed by atoms with Crippen molar-refractivity contribution >= 4 is 11.3 Å². The molecule has 1 aromatic heterocycles. The molecule has 1 N–H and O–H groups in total. The largest absolute Gasteiger partial charge is 0.487 e. The van der Waals surface area contributed by atoms with E-state index in [1.807, 2.05) is 5.38 Å². The highest BCUT2D eigenvalue weighted by Crippen LogP contribution is 2.22. The molecular weight excluding hydrogens is 241 g/mol. The molecule has 1 atom stereocenters. The van der Waals surface area contributed by atoms with Gasteiger partial charge in [0.2, 0.25) is 0 Å². The number of aliphatic hydroxyl groups excluding tert-OH is 1. The predicted octanol–water partition coefficient (Wildman–Crippen LogP) is 2.91. The van der Waals surface area contributed by atoms with E-state index in [0.717, 1.165) is 5.69 Å². The Kier molecular flexibility index (Phi) is 3.71. The van der Waals surface area contributed by atoms with Crippen LogP contribution in [0.15, 0.2) is 29.1 Å². The zero-order valence-corrected chi connectivity index (χ0v) is 10.1. The number of aromatic nitrogens is 1. The lowest BCUT2D eigenvalue weighted by molar-refractivity contribution is 0.193. The second kappa shape index (κ2) is 5.25. The maximum Gasteiger partial charge on any atom is 0.132 e. The first-order valence-corrected chi connectivity index (χ1v) is 6.08. The molecule has 17 heavy (non-hydrogen) atoms. The van der Waals surface area contributed by atoms with E-state index in [2.05, 4.69) is 4.98 Å². The first-order valence-electron chi connectivity index (χ1n) is 5.14. The summed E-state index contributed by atoms with van der Waals surface area (Å²) in [4.78, 5) is 4.06. The van der Waals surface area contributed by atoms with Crippen molar-refractivity contribution in [3.63, 3.8) is 0 Å². The third-order valence-corrected chi connectivity index (χ3v) is 2.93. The SMILES string of the molecule is C[C@@H](O)c1ccc(OCc2cscn2)cc1F. The van der Waals surface area contributed by atoms with Gasteiger partial charge >= 0.3 is 0 Å². The summed E-state index contributed by atoms with van der Waals surface area (Å²) in [5, 5.41) is 11.2. The Morgan fingerprint density at radius 2 is 2.35 bits per heavy atom. The standard InChI is InChI=1S/C12H12FNO2S/c1-8(15)11-3-2-10(4-12(11)13)16-5-9-6-17-7-14-9/h2-4,6-8,15H,5H2,1H3/t8-/m1/s1. The van der Waals surface area contributed by atoms with Gasteiger partial charge in [0, 0.05) is 17.0 Å². The molecular formula is C12H12FNO2S. The van der Waals surface area contributed by atoms with Crippen LogP contribution >= 0.6 is 11.3 Å². The van der Waals surface area contributed by atoms with Gasteiger partial charge in [-0.1, -0.05) is 0 Å². The van der Waals surface area contributed by atoms with Crippen LogP contribution in [0.5, 0.6) is 5.75 Å². The van der Waals surface area contributed by atoms with Crippen LogP contribution in [0, 0.1) is 5.82 Å². The van der Waals surface area contributed by atoms with Gasteiger partial charge in [-0.2, -0.15) is 0 Å². The fraction of sp³-hybridized carbons (Fsp3) is 0.250. The van der Waals surface area contributed by atoms with Crippen LogP contribution in [0.3, 0.4) is 0 Å². The zero-order valence-electron chi connectivity index (χ0n) is 9.26. The van der Waals surface area contributed by atoms with Gasteiger partial charge in [-0.05, 0) is 19.1 Å². The van der Waals surface area contributed by atoms with Crippen molar-refractivity contribution in [2.75, 3.05) is 0 Å². The minimum atomic E-state index is -0.817. The lowest BCUT2D eigenvalue weighted by atomic mass is 10.1. The van der Waals surface area contributed by atoms with Crippen molar-refractivity contribution in [2.45, 2.75) is 19.6 Å². The average Bonchev–Trinajstić information content (AvgIpc) is 2.78. The summed E-state index contributed by atoms with van der Waals surface area (Å²) < 4.78 is 18.9. The van der Waals surface area contributed by atoms with Gasteiger partial charge in [0.1, 0.15) is 18.2 Å². The summed E-state index contributed by atoms with van der Waals surface area (Å²) >= 11 is 1.49. The quantitative estimate of drug-likeness (QED) is 0.911. The molecule has 0 spiro atoms. The Hall–Kier alpha value is -1.46. The van der Waals surface area contributed by atoms with Crippen molar-refractivity contribution in [2.24, 2.45) is 0 Å². The molecule has 0 bridgehead atoms. The summed E-state index contributed by atoms with van der Waals surface area (Å²) in [6.45, 7) is 1.84. The molecule has 2 aromatic rings. The number of thiazole rings is 1. The number of hydrogen-bond donors (Lipinski definition) is 1. The van der Waals surface area contributed by atoms with Gasteiger partial charge in [0.05, 0.1) is 17.3 Å². The summed E-state index contributed by atoms with van der Waals surface area (Å²) in [6.07, 6.45) is -0.817. The van der Waals surface area contributed by atoms with Gasteiger partial charge < -0.3 is 9.84 Å². The van der Waals surface area contributed by atoms with Crippen LogP contribution in [-0.4, -0.2) is 10.1 Å². The van der Waals surface area contributed by atoms with Gasteiger partial charge in [-0.25, -0.2) is 9.37 Å². The van der Waals surface area contributed by atoms with Crippen LogP contribution in [-0.2, 0) is 6.61 Å². The Bertz CT molecular complexity index is 485. The predicted molar refractivity (Wildman–Crippen MR) is 63.5 cm³/mol. The minimum Gasteiger partial charge on any atom is -0.487 e. The van der Waals surface area contributed by atoms with Crippen molar-refractivity contribution in [3.05, 3.63) is 46.2 Å². The zero-order chi connectivity index (χ0) is 12.3. The van der Waals surface area contributed by atoms with Gasteiger partial charge in [0.25, 0.3) is 0 Å². The number of nitrogens with zero attached hydrogens (tertiary/aromatic N) is 1. The molecule has 0 saturated heterocycles. The van der Waals surface area contributed by atoms with Crippen LogP contribution in [0.25, 0.3) is 0 Å². The molecule has 3 nitrogen and oxygen atoms in total. The first-order chi connectivity index (χ1) is 8.16. The first kappa shape index (κ1) is 12.0. The molecule has 0 aliphatic heterocycles. The Morgan fingerprint density at radius 1 is 1.53 bits per heavy atom. The second-order valence-corrected chi connectivity index (χ2v) is 4.35. The summed E-state index contributed by atoms with van der Waals surface area (Å²) in [5.74, 6) is -0.0318. The molecule has 0 amide bonds. The van der Waals surface area contributed by atoms with Gasteiger partial charge in [-0.3, -0.25) is 0 Å². The molecule has 5 heteroatoms. The molecule has 0 aliphatic carbocycles. The fourth-order valence-corrected chi connectivity index (χ4v) is 1.95. The highest BCUT2D eigenvalue weighted by atomic mass is 32.1. The summed E-state index contributed by atoms with van der Waals surface area (Å²) in [5.41, 5.74) is 2.80. The number of benzene rings is 1. The van der Waals surface area contributed by atoms with Crippen LogP contribution in [0.1, 0.15) is 24.3 Å². The van der Waals surface area contributed by atoms with Crippen LogP contribution < -0.4 is 4.74 Å². The number of hydrogen-bond acceptors (Lipinski definition) is 4. The normalized spacial score (nSPS) is 12.4. The Labute approximate surface area is 103 Å². The fourth-order valence-electron chi connectivity index (χ4n) is 1.40. The molecule has 90 valence electrons. The van der Waals surface area contributed by atoms with Crippen molar-refractivity contribution in [3.8, 4) is 5.75 Å². The van der Waals surface area contributed by atoms with Crippen LogP contribution in [0.4, 0.5) is 4.39 Å².